The van der Waals surface area contributed by atoms with E-state index >= 15 is 0 Å². The Morgan fingerprint density at radius 2 is 2.07 bits per heavy atom. The molecule has 0 unspecified atom stereocenters. The van der Waals surface area contributed by atoms with Crippen molar-refractivity contribution in [3.63, 3.8) is 0 Å². The second-order valence-corrected chi connectivity index (χ2v) is 6.03. The molecule has 0 aliphatic carbocycles. The van der Waals surface area contributed by atoms with E-state index < -0.39 is 28.7 Å². The zero-order valence-corrected chi connectivity index (χ0v) is 14.9. The van der Waals surface area contributed by atoms with E-state index in [-0.39, 0.29) is 23.0 Å². The number of hydrogen-bond acceptors (Lipinski definition) is 7. The van der Waals surface area contributed by atoms with Crippen LogP contribution < -0.4 is 5.56 Å². The number of benzene rings is 2. The molecular formula is C18H11ClN4O5. The highest BCUT2D eigenvalue weighted by Gasteiger charge is 2.22. The lowest BCUT2D eigenvalue weighted by molar-refractivity contribution is -0.385. The van der Waals surface area contributed by atoms with Crippen molar-refractivity contribution in [1.82, 2.24) is 9.55 Å². The van der Waals surface area contributed by atoms with Crippen LogP contribution in [-0.2, 0) is 17.9 Å². The number of halogens is 1. The molecule has 2 aromatic carbocycles. The molecule has 10 heteroatoms. The van der Waals surface area contributed by atoms with Crippen molar-refractivity contribution >= 4 is 34.2 Å². The first-order chi connectivity index (χ1) is 13.4. The van der Waals surface area contributed by atoms with Gasteiger partial charge in [0.05, 0.1) is 21.9 Å². The summed E-state index contributed by atoms with van der Waals surface area (Å²) in [6, 6.07) is 11.9. The number of ether oxygens (including phenoxy) is 1. The van der Waals surface area contributed by atoms with Crippen LogP contribution in [0, 0.1) is 21.4 Å². The van der Waals surface area contributed by atoms with E-state index in [0.717, 1.165) is 16.7 Å². The minimum Gasteiger partial charge on any atom is -0.454 e. The number of rotatable bonds is 5. The molecule has 0 fully saturated rings. The van der Waals surface area contributed by atoms with E-state index in [1.807, 2.05) is 6.07 Å². The first-order valence-corrected chi connectivity index (χ1v) is 8.26. The van der Waals surface area contributed by atoms with Gasteiger partial charge in [-0.25, -0.2) is 9.78 Å². The number of aromatic nitrogens is 2. The van der Waals surface area contributed by atoms with Crippen LogP contribution in [-0.4, -0.2) is 20.4 Å². The maximum Gasteiger partial charge on any atom is 0.345 e. The van der Waals surface area contributed by atoms with Gasteiger partial charge >= 0.3 is 5.97 Å². The fraction of sp³-hybridized carbons (Fsp3) is 0.111. The van der Waals surface area contributed by atoms with Crippen LogP contribution in [0.15, 0.2) is 47.3 Å². The zero-order chi connectivity index (χ0) is 20.3. The van der Waals surface area contributed by atoms with Gasteiger partial charge in [0, 0.05) is 11.1 Å². The molecule has 0 spiro atoms. The van der Waals surface area contributed by atoms with Crippen LogP contribution in [0.2, 0.25) is 5.02 Å². The van der Waals surface area contributed by atoms with Crippen molar-refractivity contribution in [3.8, 4) is 6.07 Å². The monoisotopic (exact) mass is 398 g/mol. The summed E-state index contributed by atoms with van der Waals surface area (Å²) in [7, 11) is 0. The minimum atomic E-state index is -1.000. The first kappa shape index (κ1) is 19.0. The number of hydrogen-bond donors (Lipinski definition) is 0. The fourth-order valence-corrected chi connectivity index (χ4v) is 2.77. The highest BCUT2D eigenvalue weighted by Crippen LogP contribution is 2.23. The Bertz CT molecular complexity index is 1200. The highest BCUT2D eigenvalue weighted by atomic mass is 35.5. The predicted molar refractivity (Wildman–Crippen MR) is 98.8 cm³/mol. The molecule has 1 heterocycles. The lowest BCUT2D eigenvalue weighted by atomic mass is 10.2. The van der Waals surface area contributed by atoms with Gasteiger partial charge in [-0.05, 0) is 24.3 Å². The van der Waals surface area contributed by atoms with E-state index in [0.29, 0.717) is 10.9 Å². The Balaban J connectivity index is 1.96. The van der Waals surface area contributed by atoms with Gasteiger partial charge in [0.15, 0.2) is 5.82 Å². The van der Waals surface area contributed by atoms with Crippen LogP contribution in [0.1, 0.15) is 16.2 Å². The van der Waals surface area contributed by atoms with E-state index in [2.05, 4.69) is 4.98 Å². The number of nitro groups is 1. The van der Waals surface area contributed by atoms with E-state index in [9.17, 15) is 19.7 Å². The van der Waals surface area contributed by atoms with Crippen molar-refractivity contribution in [2.45, 2.75) is 13.2 Å². The van der Waals surface area contributed by atoms with E-state index in [4.69, 9.17) is 21.6 Å². The molecule has 0 atom stereocenters. The summed E-state index contributed by atoms with van der Waals surface area (Å²) in [5.41, 5.74) is -0.865. The van der Waals surface area contributed by atoms with Crippen molar-refractivity contribution < 1.29 is 14.5 Å². The molecule has 0 aliphatic heterocycles. The normalized spacial score (nSPS) is 10.4. The summed E-state index contributed by atoms with van der Waals surface area (Å²) in [6.07, 6.45) is 0. The average molecular weight is 399 g/mol. The molecule has 1 aromatic heterocycles. The van der Waals surface area contributed by atoms with Crippen LogP contribution in [0.4, 0.5) is 5.69 Å². The topological polar surface area (TPSA) is 128 Å². The maximum atomic E-state index is 12.6. The predicted octanol–water partition coefficient (Wildman–Crippen LogP) is 2.84. The second kappa shape index (κ2) is 7.85. The van der Waals surface area contributed by atoms with E-state index in [1.54, 1.807) is 24.3 Å². The Kier molecular flexibility index (Phi) is 5.33. The van der Waals surface area contributed by atoms with Gasteiger partial charge in [0.2, 0.25) is 0 Å². The molecule has 28 heavy (non-hydrogen) atoms. The van der Waals surface area contributed by atoms with Crippen molar-refractivity contribution in [3.05, 3.63) is 79.3 Å². The summed E-state index contributed by atoms with van der Waals surface area (Å²) >= 11 is 5.81. The number of nitriles is 1. The summed E-state index contributed by atoms with van der Waals surface area (Å²) in [6.45, 7) is -0.745. The van der Waals surface area contributed by atoms with Crippen LogP contribution in [0.3, 0.4) is 0 Å². The Morgan fingerprint density at radius 3 is 2.79 bits per heavy atom. The van der Waals surface area contributed by atoms with Gasteiger partial charge in [0.25, 0.3) is 11.2 Å². The fourth-order valence-electron chi connectivity index (χ4n) is 2.60. The molecule has 0 saturated carbocycles. The Labute approximate surface area is 162 Å². The number of carbonyl (C=O) groups is 1. The number of esters is 1. The smallest absolute Gasteiger partial charge is 0.345 e. The SMILES string of the molecule is N#CCn1c(COC(=O)c2cc(Cl)ccc2[N+](=O)[O-])nc2ccccc2c1=O. The largest absolute Gasteiger partial charge is 0.454 e. The Hall–Kier alpha value is -3.77. The summed E-state index contributed by atoms with van der Waals surface area (Å²) in [5.74, 6) is -0.955. The van der Waals surface area contributed by atoms with E-state index in [1.165, 1.54) is 6.07 Å². The third kappa shape index (κ3) is 3.67. The van der Waals surface area contributed by atoms with Gasteiger partial charge in [0.1, 0.15) is 18.7 Å². The number of nitrogens with zero attached hydrogens (tertiary/aromatic N) is 4. The molecular weight excluding hydrogens is 388 g/mol. The van der Waals surface area contributed by atoms with Gasteiger partial charge in [-0.1, -0.05) is 23.7 Å². The molecule has 3 rings (SSSR count). The molecule has 0 aliphatic rings. The quantitative estimate of drug-likeness (QED) is 0.367. The molecule has 0 radical (unpaired) electrons. The Morgan fingerprint density at radius 1 is 1.32 bits per heavy atom. The van der Waals surface area contributed by atoms with Crippen LogP contribution in [0.25, 0.3) is 10.9 Å². The number of carbonyl (C=O) groups excluding carboxylic acids is 1. The molecule has 0 saturated heterocycles. The highest BCUT2D eigenvalue weighted by molar-refractivity contribution is 6.31. The lowest BCUT2D eigenvalue weighted by Crippen LogP contribution is -2.26. The lowest BCUT2D eigenvalue weighted by Gasteiger charge is -2.11. The molecule has 0 bridgehead atoms. The number of para-hydroxylation sites is 1. The van der Waals surface area contributed by atoms with Crippen molar-refractivity contribution in [2.75, 3.05) is 0 Å². The summed E-state index contributed by atoms with van der Waals surface area (Å²) in [4.78, 5) is 39.6. The number of fused-ring (bicyclic) bond motifs is 1. The minimum absolute atomic E-state index is 0.0447. The molecule has 0 amide bonds. The molecule has 140 valence electrons. The van der Waals surface area contributed by atoms with Crippen LogP contribution >= 0.6 is 11.6 Å². The van der Waals surface area contributed by atoms with Gasteiger partial charge in [-0.15, -0.1) is 0 Å². The molecule has 3 aromatic rings. The van der Waals surface area contributed by atoms with Gasteiger partial charge in [-0.2, -0.15) is 5.26 Å². The number of nitro benzene ring substituents is 1. The second-order valence-electron chi connectivity index (χ2n) is 5.59. The van der Waals surface area contributed by atoms with Gasteiger partial charge in [-0.3, -0.25) is 19.5 Å². The molecule has 0 N–H and O–H groups in total. The standard InChI is InChI=1S/C18H11ClN4O5/c19-11-5-6-15(23(26)27)13(9-11)18(25)28-10-16-21-14-4-2-1-3-12(14)17(24)22(16)8-7-20/h1-6,9H,8,10H2. The van der Waals surface area contributed by atoms with Crippen LogP contribution in [0.5, 0.6) is 0 Å². The first-order valence-electron chi connectivity index (χ1n) is 7.89. The molecule has 9 nitrogen and oxygen atoms in total. The summed E-state index contributed by atoms with van der Waals surface area (Å²) in [5, 5.41) is 20.5. The third-order valence-corrected chi connectivity index (χ3v) is 4.11. The van der Waals surface area contributed by atoms with Gasteiger partial charge < -0.3 is 4.74 Å². The maximum absolute atomic E-state index is 12.6. The van der Waals surface area contributed by atoms with Crippen molar-refractivity contribution in [2.24, 2.45) is 0 Å². The summed E-state index contributed by atoms with van der Waals surface area (Å²) < 4.78 is 6.20. The third-order valence-electron chi connectivity index (χ3n) is 3.88. The zero-order valence-electron chi connectivity index (χ0n) is 14.2. The average Bonchev–Trinajstić information content (AvgIpc) is 2.68. The van der Waals surface area contributed by atoms with Crippen molar-refractivity contribution in [1.29, 1.82) is 5.26 Å².